The molecular formula is C19H21ClN3O. The highest BCUT2D eigenvalue weighted by atomic mass is 35.5. The van der Waals surface area contributed by atoms with E-state index in [0.717, 1.165) is 31.3 Å². The van der Waals surface area contributed by atoms with Crippen molar-refractivity contribution in [3.8, 4) is 11.6 Å². The lowest BCUT2D eigenvalue weighted by Crippen LogP contribution is -2.31. The molecule has 2 aliphatic rings. The number of ether oxygens (including phenoxy) is 1. The number of nitrogens with zero attached hydrogens (tertiary/aromatic N) is 3. The van der Waals surface area contributed by atoms with E-state index in [1.54, 1.807) is 0 Å². The molecule has 4 rings (SSSR count). The van der Waals surface area contributed by atoms with Gasteiger partial charge in [0.25, 0.3) is 0 Å². The van der Waals surface area contributed by atoms with Gasteiger partial charge >= 0.3 is 0 Å². The molecule has 1 radical (unpaired) electrons. The summed E-state index contributed by atoms with van der Waals surface area (Å²) in [7, 11) is 0. The molecule has 1 saturated heterocycles. The Balaban J connectivity index is 1.43. The molecular weight excluding hydrogens is 322 g/mol. The summed E-state index contributed by atoms with van der Waals surface area (Å²) in [4.78, 5) is 7.05. The number of rotatable bonds is 4. The monoisotopic (exact) mass is 342 g/mol. The van der Waals surface area contributed by atoms with Gasteiger partial charge in [-0.1, -0.05) is 17.7 Å². The molecule has 1 aliphatic heterocycles. The van der Waals surface area contributed by atoms with Gasteiger partial charge in [0.15, 0.2) is 0 Å². The first-order valence-corrected chi connectivity index (χ1v) is 8.96. The smallest absolute Gasteiger partial charge is 0.219 e. The maximum atomic E-state index is 5.89. The number of halogens is 1. The van der Waals surface area contributed by atoms with Crippen molar-refractivity contribution >= 4 is 11.6 Å². The average Bonchev–Trinajstić information content (AvgIpc) is 3.44. The van der Waals surface area contributed by atoms with Gasteiger partial charge in [-0.3, -0.25) is 4.90 Å². The second kappa shape index (κ2) is 7.09. The van der Waals surface area contributed by atoms with Crippen molar-refractivity contribution in [1.29, 1.82) is 0 Å². The highest BCUT2D eigenvalue weighted by molar-refractivity contribution is 6.30. The van der Waals surface area contributed by atoms with Crippen LogP contribution >= 0.6 is 11.6 Å². The van der Waals surface area contributed by atoms with Crippen LogP contribution in [0.3, 0.4) is 0 Å². The molecule has 1 aliphatic carbocycles. The fourth-order valence-corrected chi connectivity index (χ4v) is 3.27. The fraction of sp³-hybridized carbons (Fsp3) is 0.421. The minimum atomic E-state index is 0.227. The van der Waals surface area contributed by atoms with E-state index in [1.807, 2.05) is 36.5 Å². The van der Waals surface area contributed by atoms with E-state index >= 15 is 0 Å². The van der Waals surface area contributed by atoms with Gasteiger partial charge in [0, 0.05) is 36.4 Å². The second-order valence-corrected chi connectivity index (χ2v) is 6.92. The van der Waals surface area contributed by atoms with Crippen molar-refractivity contribution in [2.75, 3.05) is 19.6 Å². The van der Waals surface area contributed by atoms with Gasteiger partial charge in [-0.25, -0.2) is 10.3 Å². The molecule has 1 atom stereocenters. The number of hydrogen-bond donors (Lipinski definition) is 0. The molecule has 2 heterocycles. The minimum absolute atomic E-state index is 0.227. The highest BCUT2D eigenvalue weighted by Crippen LogP contribution is 2.31. The minimum Gasteiger partial charge on any atom is -0.439 e. The molecule has 1 saturated carbocycles. The molecule has 125 valence electrons. The van der Waals surface area contributed by atoms with Gasteiger partial charge in [-0.15, -0.1) is 0 Å². The van der Waals surface area contributed by atoms with Crippen LogP contribution in [0.4, 0.5) is 0 Å². The summed E-state index contributed by atoms with van der Waals surface area (Å²) in [6.45, 7) is 3.14. The Bertz CT molecular complexity index is 670. The average molecular weight is 343 g/mol. The highest BCUT2D eigenvalue weighted by Gasteiger charge is 2.32. The van der Waals surface area contributed by atoms with Crippen LogP contribution in [0.2, 0.25) is 5.02 Å². The third-order valence-electron chi connectivity index (χ3n) is 4.60. The summed E-state index contributed by atoms with van der Waals surface area (Å²) in [5, 5.41) is 5.54. The van der Waals surface area contributed by atoms with Gasteiger partial charge < -0.3 is 4.74 Å². The molecule has 0 bridgehead atoms. The predicted octanol–water partition coefficient (Wildman–Crippen LogP) is 4.04. The Morgan fingerprint density at radius 3 is 2.62 bits per heavy atom. The van der Waals surface area contributed by atoms with Gasteiger partial charge in [-0.05, 0) is 55.6 Å². The first kappa shape index (κ1) is 15.9. The maximum absolute atomic E-state index is 5.89. The fourth-order valence-electron chi connectivity index (χ4n) is 3.15. The van der Waals surface area contributed by atoms with Crippen LogP contribution in [0, 0.1) is 0 Å². The normalized spacial score (nSPS) is 22.1. The lowest BCUT2D eigenvalue weighted by atomic mass is 10.1. The molecule has 24 heavy (non-hydrogen) atoms. The molecule has 0 amide bonds. The third-order valence-corrected chi connectivity index (χ3v) is 4.86. The van der Waals surface area contributed by atoms with E-state index in [2.05, 4.69) is 16.0 Å². The summed E-state index contributed by atoms with van der Waals surface area (Å²) < 4.78 is 5.76. The van der Waals surface area contributed by atoms with Crippen molar-refractivity contribution in [2.24, 2.45) is 0 Å². The van der Waals surface area contributed by atoms with Gasteiger partial charge in [-0.2, -0.15) is 0 Å². The third kappa shape index (κ3) is 3.89. The molecule has 0 spiro atoms. The molecule has 0 N–H and O–H groups in total. The predicted molar refractivity (Wildman–Crippen MR) is 94.7 cm³/mol. The molecule has 1 unspecified atom stereocenters. The van der Waals surface area contributed by atoms with Crippen molar-refractivity contribution in [3.63, 3.8) is 0 Å². The molecule has 2 aromatic rings. The molecule has 4 nitrogen and oxygen atoms in total. The Morgan fingerprint density at radius 1 is 1.08 bits per heavy atom. The van der Waals surface area contributed by atoms with E-state index in [-0.39, 0.29) is 6.04 Å². The summed E-state index contributed by atoms with van der Waals surface area (Å²) >= 11 is 5.89. The summed E-state index contributed by atoms with van der Waals surface area (Å²) in [5.74, 6) is 1.33. The number of aromatic nitrogens is 1. The Morgan fingerprint density at radius 2 is 1.92 bits per heavy atom. The van der Waals surface area contributed by atoms with Crippen LogP contribution in [-0.4, -0.2) is 35.6 Å². The van der Waals surface area contributed by atoms with Crippen LogP contribution in [0.5, 0.6) is 11.6 Å². The molecule has 1 aromatic carbocycles. The van der Waals surface area contributed by atoms with Crippen molar-refractivity contribution in [2.45, 2.75) is 31.3 Å². The molecule has 1 aromatic heterocycles. The van der Waals surface area contributed by atoms with Gasteiger partial charge in [0.05, 0.1) is 6.04 Å². The standard InChI is InChI=1S/C19H21ClN3O/c20-15-3-7-17(8-4-15)24-19-9-2-14(12-22-19)18-13-23(16-5-6-16)11-1-10-21-18/h2-4,7-9,12,16,18H,1,5-6,10-11,13H2. The van der Waals surface area contributed by atoms with Crippen LogP contribution in [0.1, 0.15) is 30.9 Å². The van der Waals surface area contributed by atoms with E-state index < -0.39 is 0 Å². The zero-order valence-corrected chi connectivity index (χ0v) is 14.3. The van der Waals surface area contributed by atoms with Crippen LogP contribution < -0.4 is 10.1 Å². The number of hydrogen-bond acceptors (Lipinski definition) is 3. The Labute approximate surface area is 147 Å². The summed E-state index contributed by atoms with van der Waals surface area (Å²) in [6, 6.07) is 12.3. The van der Waals surface area contributed by atoms with E-state index in [0.29, 0.717) is 10.9 Å². The van der Waals surface area contributed by atoms with Gasteiger partial charge in [0.2, 0.25) is 5.88 Å². The lowest BCUT2D eigenvalue weighted by Gasteiger charge is -2.23. The van der Waals surface area contributed by atoms with Gasteiger partial charge in [0.1, 0.15) is 5.75 Å². The van der Waals surface area contributed by atoms with E-state index in [1.165, 1.54) is 24.9 Å². The maximum Gasteiger partial charge on any atom is 0.219 e. The topological polar surface area (TPSA) is 39.5 Å². The van der Waals surface area contributed by atoms with E-state index in [4.69, 9.17) is 21.7 Å². The van der Waals surface area contributed by atoms with Crippen molar-refractivity contribution in [3.05, 3.63) is 53.2 Å². The second-order valence-electron chi connectivity index (χ2n) is 6.49. The Hall–Kier alpha value is -1.62. The largest absolute Gasteiger partial charge is 0.439 e. The first-order valence-electron chi connectivity index (χ1n) is 8.58. The molecule has 5 heteroatoms. The quantitative estimate of drug-likeness (QED) is 0.841. The Kier molecular flexibility index (Phi) is 4.69. The lowest BCUT2D eigenvalue weighted by molar-refractivity contribution is 0.258. The first-order chi connectivity index (χ1) is 11.8. The zero-order chi connectivity index (χ0) is 16.4. The number of benzene rings is 1. The van der Waals surface area contributed by atoms with Crippen molar-refractivity contribution in [1.82, 2.24) is 15.2 Å². The van der Waals surface area contributed by atoms with Crippen LogP contribution in [-0.2, 0) is 0 Å². The summed E-state index contributed by atoms with van der Waals surface area (Å²) in [6.07, 6.45) is 5.76. The summed E-state index contributed by atoms with van der Waals surface area (Å²) in [5.41, 5.74) is 1.17. The zero-order valence-electron chi connectivity index (χ0n) is 13.6. The number of pyridine rings is 1. The van der Waals surface area contributed by atoms with Crippen LogP contribution in [0.25, 0.3) is 0 Å². The SMILES string of the molecule is Clc1ccc(Oc2ccc(C3CN(C4CC4)CCC[N]3)cn2)cc1. The van der Waals surface area contributed by atoms with Crippen LogP contribution in [0.15, 0.2) is 42.6 Å². The molecule has 2 fully saturated rings. The van der Waals surface area contributed by atoms with Crippen molar-refractivity contribution < 1.29 is 4.74 Å². The van der Waals surface area contributed by atoms with E-state index in [9.17, 15) is 0 Å².